The maximum absolute atomic E-state index is 6.21. The van der Waals surface area contributed by atoms with E-state index in [2.05, 4.69) is 12.2 Å². The summed E-state index contributed by atoms with van der Waals surface area (Å²) < 4.78 is 0. The van der Waals surface area contributed by atoms with Crippen LogP contribution in [0, 0.1) is 5.92 Å². The van der Waals surface area contributed by atoms with E-state index in [-0.39, 0.29) is 0 Å². The zero-order chi connectivity index (χ0) is 11.5. The van der Waals surface area contributed by atoms with Crippen LogP contribution in [0.5, 0.6) is 0 Å². The molecule has 1 saturated carbocycles. The molecule has 1 aromatic rings. The molecule has 0 heterocycles. The van der Waals surface area contributed by atoms with Crippen molar-refractivity contribution in [1.29, 1.82) is 0 Å². The first-order valence-corrected chi connectivity index (χ1v) is 6.64. The van der Waals surface area contributed by atoms with E-state index in [4.69, 9.17) is 23.2 Å². The maximum Gasteiger partial charge on any atom is 0.0468 e. The third-order valence-electron chi connectivity index (χ3n) is 3.10. The molecule has 1 nitrogen and oxygen atoms in total. The van der Waals surface area contributed by atoms with Gasteiger partial charge in [0.2, 0.25) is 0 Å². The third kappa shape index (κ3) is 3.13. The van der Waals surface area contributed by atoms with E-state index >= 15 is 0 Å². The van der Waals surface area contributed by atoms with Gasteiger partial charge in [-0.25, -0.2) is 0 Å². The summed E-state index contributed by atoms with van der Waals surface area (Å²) in [5, 5.41) is 5.05. The lowest BCUT2D eigenvalue weighted by atomic mass is 10.0. The molecule has 1 unspecified atom stereocenters. The summed E-state index contributed by atoms with van der Waals surface area (Å²) in [4.78, 5) is 0. The molecule has 0 bridgehead atoms. The van der Waals surface area contributed by atoms with Crippen LogP contribution in [0.25, 0.3) is 0 Å². The second-order valence-electron chi connectivity index (χ2n) is 4.48. The van der Waals surface area contributed by atoms with Gasteiger partial charge < -0.3 is 5.32 Å². The molecule has 1 N–H and O–H groups in total. The highest BCUT2D eigenvalue weighted by Gasteiger charge is 2.22. The second-order valence-corrected chi connectivity index (χ2v) is 5.32. The summed E-state index contributed by atoms with van der Waals surface area (Å²) in [5.41, 5.74) is 1.16. The molecule has 88 valence electrons. The molecule has 0 aromatic heterocycles. The van der Waals surface area contributed by atoms with Gasteiger partial charge in [-0.05, 0) is 49.4 Å². The predicted octanol–water partition coefficient (Wildman–Crippen LogP) is 4.44. The minimum Gasteiger partial charge on any atom is -0.310 e. The van der Waals surface area contributed by atoms with Gasteiger partial charge in [-0.3, -0.25) is 0 Å². The Labute approximate surface area is 107 Å². The van der Waals surface area contributed by atoms with E-state index in [0.717, 1.165) is 29.5 Å². The van der Waals surface area contributed by atoms with Crippen LogP contribution in [0.2, 0.25) is 10.0 Å². The monoisotopic (exact) mass is 257 g/mol. The van der Waals surface area contributed by atoms with Crippen LogP contribution in [0.1, 0.15) is 37.8 Å². The molecule has 0 saturated heterocycles. The Morgan fingerprint density at radius 3 is 2.69 bits per heavy atom. The molecule has 1 fully saturated rings. The molecular weight excluding hydrogens is 241 g/mol. The molecular formula is C13H17Cl2N. The molecule has 0 spiro atoms. The normalized spacial score (nSPS) is 17.4. The fourth-order valence-corrected chi connectivity index (χ4v) is 2.43. The molecule has 0 amide bonds. The lowest BCUT2D eigenvalue weighted by Crippen LogP contribution is -2.23. The Balaban J connectivity index is 2.05. The zero-order valence-electron chi connectivity index (χ0n) is 9.47. The van der Waals surface area contributed by atoms with Gasteiger partial charge in [-0.15, -0.1) is 0 Å². The number of benzene rings is 1. The third-order valence-corrected chi connectivity index (χ3v) is 3.66. The Morgan fingerprint density at radius 1 is 1.38 bits per heavy atom. The molecule has 3 heteroatoms. The van der Waals surface area contributed by atoms with Crippen molar-refractivity contribution in [2.75, 3.05) is 6.54 Å². The smallest absolute Gasteiger partial charge is 0.0468 e. The van der Waals surface area contributed by atoms with Crippen LogP contribution in [0.4, 0.5) is 0 Å². The van der Waals surface area contributed by atoms with E-state index in [1.54, 1.807) is 0 Å². The van der Waals surface area contributed by atoms with Crippen LogP contribution in [0.3, 0.4) is 0 Å². The summed E-state index contributed by atoms with van der Waals surface area (Å²) in [6.45, 7) is 3.28. The minimum absolute atomic E-state index is 0.352. The van der Waals surface area contributed by atoms with Crippen LogP contribution in [-0.2, 0) is 0 Å². The summed E-state index contributed by atoms with van der Waals surface area (Å²) in [5.74, 6) is 0.889. The van der Waals surface area contributed by atoms with E-state index < -0.39 is 0 Å². The lowest BCUT2D eigenvalue weighted by Gasteiger charge is -2.18. The number of hydrogen-bond donors (Lipinski definition) is 1. The Kier molecular flexibility index (Phi) is 4.12. The average Bonchev–Trinajstić information content (AvgIpc) is 3.05. The largest absolute Gasteiger partial charge is 0.310 e. The predicted molar refractivity (Wildman–Crippen MR) is 70.2 cm³/mol. The molecule has 16 heavy (non-hydrogen) atoms. The molecule has 2 rings (SSSR count). The Hall–Kier alpha value is -0.240. The topological polar surface area (TPSA) is 12.0 Å². The van der Waals surface area contributed by atoms with Crippen molar-refractivity contribution in [3.05, 3.63) is 33.8 Å². The summed E-state index contributed by atoms with van der Waals surface area (Å²) in [7, 11) is 0. The molecule has 1 atom stereocenters. The van der Waals surface area contributed by atoms with Crippen LogP contribution >= 0.6 is 23.2 Å². The number of halogens is 2. The summed E-state index contributed by atoms with van der Waals surface area (Å²) in [6.07, 6.45) is 3.80. The van der Waals surface area contributed by atoms with E-state index in [1.807, 2.05) is 18.2 Å². The van der Waals surface area contributed by atoms with Crippen molar-refractivity contribution in [3.8, 4) is 0 Å². The highest BCUT2D eigenvalue weighted by atomic mass is 35.5. The summed E-state index contributed by atoms with van der Waals surface area (Å²) in [6, 6.07) is 6.11. The van der Waals surface area contributed by atoms with Gasteiger partial charge in [0, 0.05) is 16.1 Å². The SMILES string of the molecule is CCC(NCC1CC1)c1ccc(Cl)cc1Cl. The van der Waals surface area contributed by atoms with Gasteiger partial charge in [0.15, 0.2) is 0 Å². The first kappa shape index (κ1) is 12.2. The number of hydrogen-bond acceptors (Lipinski definition) is 1. The molecule has 1 aromatic carbocycles. The van der Waals surface area contributed by atoms with Crippen molar-refractivity contribution in [2.24, 2.45) is 5.92 Å². The fourth-order valence-electron chi connectivity index (χ4n) is 1.89. The van der Waals surface area contributed by atoms with Crippen molar-refractivity contribution < 1.29 is 0 Å². The van der Waals surface area contributed by atoms with E-state index in [0.29, 0.717) is 11.1 Å². The van der Waals surface area contributed by atoms with Crippen LogP contribution in [-0.4, -0.2) is 6.54 Å². The van der Waals surface area contributed by atoms with Gasteiger partial charge in [0.05, 0.1) is 0 Å². The first-order chi connectivity index (χ1) is 7.70. The van der Waals surface area contributed by atoms with Gasteiger partial charge in [0.25, 0.3) is 0 Å². The van der Waals surface area contributed by atoms with Gasteiger partial charge in [-0.1, -0.05) is 36.2 Å². The van der Waals surface area contributed by atoms with Crippen LogP contribution in [0.15, 0.2) is 18.2 Å². The van der Waals surface area contributed by atoms with Crippen LogP contribution < -0.4 is 5.32 Å². The average molecular weight is 258 g/mol. The fraction of sp³-hybridized carbons (Fsp3) is 0.538. The Bertz CT molecular complexity index is 361. The van der Waals surface area contributed by atoms with E-state index in [1.165, 1.54) is 12.8 Å². The van der Waals surface area contributed by atoms with Gasteiger partial charge in [0.1, 0.15) is 0 Å². The number of rotatable bonds is 5. The van der Waals surface area contributed by atoms with Gasteiger partial charge >= 0.3 is 0 Å². The second kappa shape index (κ2) is 5.39. The molecule has 0 aliphatic heterocycles. The lowest BCUT2D eigenvalue weighted by molar-refractivity contribution is 0.503. The quantitative estimate of drug-likeness (QED) is 0.823. The molecule has 1 aliphatic rings. The standard InChI is InChI=1S/C13H17Cl2N/c1-2-13(16-8-9-3-4-9)11-6-5-10(14)7-12(11)15/h5-7,9,13,16H,2-4,8H2,1H3. The zero-order valence-corrected chi connectivity index (χ0v) is 11.0. The maximum atomic E-state index is 6.21. The summed E-state index contributed by atoms with van der Waals surface area (Å²) >= 11 is 12.1. The van der Waals surface area contributed by atoms with Gasteiger partial charge in [-0.2, -0.15) is 0 Å². The molecule has 0 radical (unpaired) electrons. The molecule has 1 aliphatic carbocycles. The number of nitrogens with one attached hydrogen (secondary N) is 1. The van der Waals surface area contributed by atoms with Crippen molar-refractivity contribution in [2.45, 2.75) is 32.2 Å². The van der Waals surface area contributed by atoms with Crippen molar-refractivity contribution in [1.82, 2.24) is 5.32 Å². The first-order valence-electron chi connectivity index (χ1n) is 5.89. The van der Waals surface area contributed by atoms with Crippen molar-refractivity contribution in [3.63, 3.8) is 0 Å². The highest BCUT2D eigenvalue weighted by Crippen LogP contribution is 2.31. The Morgan fingerprint density at radius 2 is 2.12 bits per heavy atom. The van der Waals surface area contributed by atoms with E-state index in [9.17, 15) is 0 Å². The minimum atomic E-state index is 0.352. The van der Waals surface area contributed by atoms with Crippen molar-refractivity contribution >= 4 is 23.2 Å². The highest BCUT2D eigenvalue weighted by molar-refractivity contribution is 6.35.